The monoisotopic (exact) mass is 491 g/mol. The highest BCUT2D eigenvalue weighted by Gasteiger charge is 2.29. The van der Waals surface area contributed by atoms with Crippen LogP contribution in [0.2, 0.25) is 0 Å². The van der Waals surface area contributed by atoms with Crippen molar-refractivity contribution in [1.82, 2.24) is 14.5 Å². The van der Waals surface area contributed by atoms with E-state index in [0.29, 0.717) is 18.1 Å². The van der Waals surface area contributed by atoms with Crippen molar-refractivity contribution in [1.29, 1.82) is 0 Å². The zero-order valence-corrected chi connectivity index (χ0v) is 20.9. The van der Waals surface area contributed by atoms with Crippen LogP contribution in [0.15, 0.2) is 36.4 Å². The van der Waals surface area contributed by atoms with E-state index in [1.165, 1.54) is 12.7 Å². The predicted octanol–water partition coefficient (Wildman–Crippen LogP) is 4.15. The van der Waals surface area contributed by atoms with Crippen LogP contribution in [-0.4, -0.2) is 66.0 Å². The lowest BCUT2D eigenvalue weighted by atomic mass is 9.88. The summed E-state index contributed by atoms with van der Waals surface area (Å²) in [7, 11) is 1.41. The summed E-state index contributed by atoms with van der Waals surface area (Å²) in [6.45, 7) is 6.94. The molecule has 3 aliphatic rings. The molecule has 0 radical (unpaired) electrons. The van der Waals surface area contributed by atoms with Crippen molar-refractivity contribution in [3.8, 4) is 11.5 Å². The Morgan fingerprint density at radius 2 is 2.00 bits per heavy atom. The Balaban J connectivity index is 1.19. The number of likely N-dealkylation sites (tertiary alicyclic amines) is 1. The first-order valence-corrected chi connectivity index (χ1v) is 12.9. The van der Waals surface area contributed by atoms with Gasteiger partial charge in [0.2, 0.25) is 0 Å². The molecule has 0 aliphatic carbocycles. The molecule has 4 heterocycles. The zero-order chi connectivity index (χ0) is 24.6. The number of methoxy groups -OCH3 is 1. The number of hydrogen-bond donors (Lipinski definition) is 0. The van der Waals surface area contributed by atoms with Crippen molar-refractivity contribution < 1.29 is 23.7 Å². The van der Waals surface area contributed by atoms with E-state index in [0.717, 1.165) is 80.4 Å². The Labute approximate surface area is 211 Å². The minimum absolute atomic E-state index is 0.0860. The average Bonchev–Trinajstić information content (AvgIpc) is 3.21. The molecule has 36 heavy (non-hydrogen) atoms. The van der Waals surface area contributed by atoms with Crippen LogP contribution in [0, 0.1) is 0 Å². The number of hydrogen-bond acceptors (Lipinski definition) is 7. The number of ether oxygens (including phenoxy) is 4. The standard InChI is InChI=1S/C28H33N3O5/c1-18-17-35-27-22(4-3-5-25(27)36-18)19-8-11-30(12-9-19)16-26-29-23-7-6-20(28(32)33-2)14-24(23)31(26)15-21-10-13-34-21/h3-7,14,18-19,21H,8-13,15-17H2,1-2H3/t18-,21+/m1/s1. The summed E-state index contributed by atoms with van der Waals surface area (Å²) in [5, 5.41) is 0. The van der Waals surface area contributed by atoms with Crippen molar-refractivity contribution in [2.75, 3.05) is 33.4 Å². The number of carbonyl (C=O) groups excluding carboxylic acids is 1. The maximum Gasteiger partial charge on any atom is 0.337 e. The molecule has 190 valence electrons. The molecule has 2 saturated heterocycles. The molecule has 2 fully saturated rings. The highest BCUT2D eigenvalue weighted by Crippen LogP contribution is 2.42. The van der Waals surface area contributed by atoms with Crippen LogP contribution in [0.4, 0.5) is 0 Å². The third kappa shape index (κ3) is 4.44. The zero-order valence-electron chi connectivity index (χ0n) is 20.9. The quantitative estimate of drug-likeness (QED) is 0.480. The van der Waals surface area contributed by atoms with Crippen molar-refractivity contribution in [2.45, 2.75) is 57.4 Å². The van der Waals surface area contributed by atoms with Gasteiger partial charge in [-0.3, -0.25) is 4.90 Å². The van der Waals surface area contributed by atoms with E-state index in [-0.39, 0.29) is 18.2 Å². The minimum atomic E-state index is -0.333. The first kappa shape index (κ1) is 23.3. The second-order valence-corrected chi connectivity index (χ2v) is 10.1. The summed E-state index contributed by atoms with van der Waals surface area (Å²) in [6, 6.07) is 11.9. The molecular formula is C28H33N3O5. The van der Waals surface area contributed by atoms with Gasteiger partial charge in [-0.1, -0.05) is 12.1 Å². The van der Waals surface area contributed by atoms with Crippen LogP contribution in [-0.2, 0) is 22.6 Å². The number of piperidine rings is 1. The molecule has 2 aromatic carbocycles. The summed E-state index contributed by atoms with van der Waals surface area (Å²) >= 11 is 0. The summed E-state index contributed by atoms with van der Waals surface area (Å²) in [5.41, 5.74) is 3.67. The Morgan fingerprint density at radius 1 is 1.17 bits per heavy atom. The molecule has 6 rings (SSSR count). The normalized spacial score (nSPS) is 22.4. The van der Waals surface area contributed by atoms with E-state index >= 15 is 0 Å². The van der Waals surface area contributed by atoms with Crippen molar-refractivity contribution in [3.63, 3.8) is 0 Å². The van der Waals surface area contributed by atoms with E-state index in [1.54, 1.807) is 6.07 Å². The first-order valence-electron chi connectivity index (χ1n) is 12.9. The van der Waals surface area contributed by atoms with E-state index in [2.05, 4.69) is 21.6 Å². The van der Waals surface area contributed by atoms with Gasteiger partial charge in [-0.05, 0) is 69.5 Å². The van der Waals surface area contributed by atoms with Crippen LogP contribution in [0.5, 0.6) is 11.5 Å². The SMILES string of the molecule is COC(=O)c1ccc2nc(CN3CCC(c4cccc5c4OC[C@@H](C)O5)CC3)n(C[C@@H]3CCO3)c2c1. The molecular weight excluding hydrogens is 458 g/mol. The Morgan fingerprint density at radius 3 is 2.75 bits per heavy atom. The lowest BCUT2D eigenvalue weighted by Gasteiger charge is -2.34. The Bertz CT molecular complexity index is 1260. The summed E-state index contributed by atoms with van der Waals surface area (Å²) in [6.07, 6.45) is 3.46. The number of para-hydroxylation sites is 1. The van der Waals surface area contributed by atoms with Crippen molar-refractivity contribution >= 4 is 17.0 Å². The molecule has 0 saturated carbocycles. The van der Waals surface area contributed by atoms with E-state index in [9.17, 15) is 4.79 Å². The number of benzene rings is 2. The van der Waals surface area contributed by atoms with E-state index in [1.807, 2.05) is 25.1 Å². The molecule has 1 aromatic heterocycles. The third-order valence-corrected chi connectivity index (χ3v) is 7.62. The fraction of sp³-hybridized carbons (Fsp3) is 0.500. The van der Waals surface area contributed by atoms with Gasteiger partial charge in [-0.25, -0.2) is 9.78 Å². The van der Waals surface area contributed by atoms with Gasteiger partial charge >= 0.3 is 5.97 Å². The van der Waals surface area contributed by atoms with Gasteiger partial charge in [-0.15, -0.1) is 0 Å². The van der Waals surface area contributed by atoms with Gasteiger partial charge < -0.3 is 23.5 Å². The van der Waals surface area contributed by atoms with Gasteiger partial charge in [0.1, 0.15) is 18.5 Å². The number of imidazole rings is 1. The molecule has 3 aliphatic heterocycles. The third-order valence-electron chi connectivity index (χ3n) is 7.62. The van der Waals surface area contributed by atoms with Crippen LogP contribution >= 0.6 is 0 Å². The lowest BCUT2D eigenvalue weighted by molar-refractivity contribution is -0.0592. The molecule has 0 unspecified atom stereocenters. The van der Waals surface area contributed by atoms with Gasteiger partial charge in [-0.2, -0.15) is 0 Å². The van der Waals surface area contributed by atoms with Crippen molar-refractivity contribution in [3.05, 3.63) is 53.3 Å². The van der Waals surface area contributed by atoms with Crippen LogP contribution in [0.3, 0.4) is 0 Å². The van der Waals surface area contributed by atoms with Gasteiger partial charge in [0.25, 0.3) is 0 Å². The highest BCUT2D eigenvalue weighted by atomic mass is 16.6. The fourth-order valence-corrected chi connectivity index (χ4v) is 5.53. The van der Waals surface area contributed by atoms with Crippen LogP contribution in [0.25, 0.3) is 11.0 Å². The maximum atomic E-state index is 12.1. The molecule has 3 aromatic rings. The maximum absolute atomic E-state index is 12.1. The van der Waals surface area contributed by atoms with Gasteiger partial charge in [0, 0.05) is 12.2 Å². The number of fused-ring (bicyclic) bond motifs is 2. The summed E-state index contributed by atoms with van der Waals surface area (Å²) in [5.74, 6) is 2.94. The van der Waals surface area contributed by atoms with E-state index in [4.69, 9.17) is 23.9 Å². The van der Waals surface area contributed by atoms with Gasteiger partial charge in [0.15, 0.2) is 11.5 Å². The number of esters is 1. The average molecular weight is 492 g/mol. The van der Waals surface area contributed by atoms with Crippen LogP contribution in [0.1, 0.15) is 53.8 Å². The second kappa shape index (κ2) is 9.75. The minimum Gasteiger partial charge on any atom is -0.486 e. The van der Waals surface area contributed by atoms with Crippen molar-refractivity contribution in [2.24, 2.45) is 0 Å². The van der Waals surface area contributed by atoms with Gasteiger partial charge in [0.05, 0.1) is 42.9 Å². The molecule has 8 nitrogen and oxygen atoms in total. The van der Waals surface area contributed by atoms with Crippen LogP contribution < -0.4 is 9.47 Å². The first-order chi connectivity index (χ1) is 17.6. The molecule has 0 bridgehead atoms. The predicted molar refractivity (Wildman–Crippen MR) is 135 cm³/mol. The number of aromatic nitrogens is 2. The number of rotatable bonds is 6. The smallest absolute Gasteiger partial charge is 0.337 e. The summed E-state index contributed by atoms with van der Waals surface area (Å²) in [4.78, 5) is 19.6. The second-order valence-electron chi connectivity index (χ2n) is 10.1. The molecule has 0 amide bonds. The Kier molecular flexibility index (Phi) is 6.31. The van der Waals surface area contributed by atoms with E-state index < -0.39 is 0 Å². The number of carbonyl (C=O) groups is 1. The number of nitrogens with zero attached hydrogens (tertiary/aromatic N) is 3. The molecule has 0 N–H and O–H groups in total. The summed E-state index contributed by atoms with van der Waals surface area (Å²) < 4.78 is 25.0. The lowest BCUT2D eigenvalue weighted by Crippen LogP contribution is -2.35. The molecule has 8 heteroatoms. The topological polar surface area (TPSA) is 75.0 Å². The highest BCUT2D eigenvalue weighted by molar-refractivity contribution is 5.93. The Hall–Kier alpha value is -3.10. The largest absolute Gasteiger partial charge is 0.486 e. The fourth-order valence-electron chi connectivity index (χ4n) is 5.53. The molecule has 0 spiro atoms. The molecule has 2 atom stereocenters.